The average Bonchev–Trinajstić information content (AvgIpc) is 3.39. The van der Waals surface area contributed by atoms with Crippen LogP contribution in [-0.2, 0) is 4.79 Å². The first-order chi connectivity index (χ1) is 19.7. The number of nitrogens with one attached hydrogen (secondary N) is 2. The largest absolute Gasteiger partial charge is 0.448 e. The first-order valence-electron chi connectivity index (χ1n) is 13.8. The number of hydrogen-bond acceptors (Lipinski definition) is 6. The second-order valence-electron chi connectivity index (χ2n) is 11.9. The van der Waals surface area contributed by atoms with Crippen molar-refractivity contribution in [1.82, 2.24) is 20.4 Å². The van der Waals surface area contributed by atoms with Crippen molar-refractivity contribution >= 4 is 11.8 Å². The minimum absolute atomic E-state index is 0.0434. The third-order valence-corrected chi connectivity index (χ3v) is 8.14. The molecule has 0 saturated carbocycles. The van der Waals surface area contributed by atoms with Crippen molar-refractivity contribution in [2.75, 3.05) is 0 Å². The summed E-state index contributed by atoms with van der Waals surface area (Å²) >= 11 is 0. The number of aryl methyl sites for hydroxylation is 2. The number of nitrogens with zero attached hydrogens (tertiary/aromatic N) is 3. The number of nitriles is 1. The molecule has 2 N–H and O–H groups in total. The van der Waals surface area contributed by atoms with Crippen LogP contribution in [0.15, 0.2) is 47.0 Å². The summed E-state index contributed by atoms with van der Waals surface area (Å²) in [6, 6.07) is 4.17. The molecule has 42 heavy (non-hydrogen) atoms. The number of amides is 2. The number of carbonyl (C=O) groups is 2. The molecule has 2 aliphatic rings. The summed E-state index contributed by atoms with van der Waals surface area (Å²) in [5, 5.41) is 18.6. The van der Waals surface area contributed by atoms with E-state index >= 15 is 4.39 Å². The van der Waals surface area contributed by atoms with Crippen LogP contribution < -0.4 is 15.6 Å². The third kappa shape index (κ3) is 5.98. The van der Waals surface area contributed by atoms with Crippen LogP contribution in [0.4, 0.5) is 8.78 Å². The zero-order valence-electron chi connectivity index (χ0n) is 24.5. The van der Waals surface area contributed by atoms with E-state index in [9.17, 15) is 24.0 Å². The molecule has 4 atom stereocenters. The summed E-state index contributed by atoms with van der Waals surface area (Å²) in [6.07, 6.45) is 6.31. The highest BCUT2D eigenvalue weighted by Gasteiger charge is 2.51. The molecule has 1 aromatic carbocycles. The van der Waals surface area contributed by atoms with Crippen molar-refractivity contribution in [1.29, 1.82) is 5.26 Å². The SMILES string of the molecule is Cc1cc(Oc2c(C)cc(C(=O)N[C@H](C)C(=O)N3[C@H](C4(C)C=C(F)C=CC4)CC[C@@H]3C(C)(C)C#N)cc2F)c(=O)[nH]n1. The highest BCUT2D eigenvalue weighted by molar-refractivity contribution is 5.98. The van der Waals surface area contributed by atoms with Gasteiger partial charge in [0.1, 0.15) is 11.9 Å². The summed E-state index contributed by atoms with van der Waals surface area (Å²) in [6.45, 7) is 10.1. The average molecular weight is 580 g/mol. The molecule has 222 valence electrons. The molecular weight excluding hydrogens is 544 g/mol. The van der Waals surface area contributed by atoms with Gasteiger partial charge in [0.25, 0.3) is 5.91 Å². The monoisotopic (exact) mass is 579 g/mol. The Hall–Kier alpha value is -4.33. The summed E-state index contributed by atoms with van der Waals surface area (Å²) in [5.74, 6) is -2.71. The topological polar surface area (TPSA) is 128 Å². The number of allylic oxidation sites excluding steroid dienone is 3. The van der Waals surface area contributed by atoms with Gasteiger partial charge in [-0.05, 0) is 83.7 Å². The van der Waals surface area contributed by atoms with Gasteiger partial charge in [-0.2, -0.15) is 10.4 Å². The van der Waals surface area contributed by atoms with E-state index in [1.807, 2.05) is 6.92 Å². The quantitative estimate of drug-likeness (QED) is 0.466. The molecule has 0 spiro atoms. The molecule has 2 amide bonds. The molecule has 1 aliphatic heterocycles. The fourth-order valence-electron chi connectivity index (χ4n) is 5.85. The van der Waals surface area contributed by atoms with Crippen LogP contribution in [0.2, 0.25) is 0 Å². The number of likely N-dealkylation sites (tertiary alicyclic amines) is 1. The minimum atomic E-state index is -1.02. The molecule has 11 heteroatoms. The second kappa shape index (κ2) is 11.5. The molecule has 4 rings (SSSR count). The van der Waals surface area contributed by atoms with E-state index in [4.69, 9.17) is 4.74 Å². The molecule has 0 bridgehead atoms. The number of ether oxygens (including phenoxy) is 1. The first-order valence-corrected chi connectivity index (χ1v) is 13.8. The minimum Gasteiger partial charge on any atom is -0.448 e. The van der Waals surface area contributed by atoms with Crippen LogP contribution in [0.1, 0.15) is 68.6 Å². The lowest BCUT2D eigenvalue weighted by molar-refractivity contribution is -0.139. The Morgan fingerprint density at radius 1 is 1.26 bits per heavy atom. The number of aromatic nitrogens is 2. The maximum Gasteiger partial charge on any atom is 0.307 e. The fraction of sp³-hybridized carbons (Fsp3) is 0.452. The van der Waals surface area contributed by atoms with Crippen molar-refractivity contribution in [2.45, 2.75) is 78.9 Å². The highest BCUT2D eigenvalue weighted by Crippen LogP contribution is 2.46. The van der Waals surface area contributed by atoms with Gasteiger partial charge in [0.15, 0.2) is 17.3 Å². The predicted molar refractivity (Wildman–Crippen MR) is 152 cm³/mol. The predicted octanol–water partition coefficient (Wildman–Crippen LogP) is 5.17. The van der Waals surface area contributed by atoms with Gasteiger partial charge in [-0.1, -0.05) is 13.0 Å². The molecule has 9 nitrogen and oxygen atoms in total. The van der Waals surface area contributed by atoms with Gasteiger partial charge in [0.05, 0.1) is 23.2 Å². The second-order valence-corrected chi connectivity index (χ2v) is 11.9. The number of benzene rings is 1. The van der Waals surface area contributed by atoms with Crippen molar-refractivity contribution in [3.63, 3.8) is 0 Å². The van der Waals surface area contributed by atoms with E-state index < -0.39 is 52.1 Å². The van der Waals surface area contributed by atoms with Crippen LogP contribution in [0, 0.1) is 41.8 Å². The van der Waals surface area contributed by atoms with Crippen LogP contribution in [0.25, 0.3) is 0 Å². The lowest BCUT2D eigenvalue weighted by atomic mass is 9.75. The molecule has 2 heterocycles. The molecule has 1 aromatic heterocycles. The first kappa shape index (κ1) is 30.6. The molecule has 1 fully saturated rings. The van der Waals surface area contributed by atoms with Crippen LogP contribution >= 0.6 is 0 Å². The summed E-state index contributed by atoms with van der Waals surface area (Å²) in [4.78, 5) is 40.8. The molecule has 1 aliphatic carbocycles. The normalized spacial score (nSPS) is 22.7. The maximum atomic E-state index is 15.1. The number of aromatic amines is 1. The van der Waals surface area contributed by atoms with Crippen molar-refractivity contribution in [3.05, 3.63) is 75.2 Å². The Labute approximate surface area is 243 Å². The van der Waals surface area contributed by atoms with E-state index in [-0.39, 0.29) is 28.5 Å². The lowest BCUT2D eigenvalue weighted by Crippen LogP contribution is -2.57. The Morgan fingerprint density at radius 3 is 2.62 bits per heavy atom. The molecule has 1 saturated heterocycles. The van der Waals surface area contributed by atoms with Crippen molar-refractivity contribution in [2.24, 2.45) is 10.8 Å². The Kier molecular flexibility index (Phi) is 8.39. The number of hydrogen-bond donors (Lipinski definition) is 2. The van der Waals surface area contributed by atoms with Gasteiger partial charge in [0, 0.05) is 23.1 Å². The Morgan fingerprint density at radius 2 is 1.98 bits per heavy atom. The van der Waals surface area contributed by atoms with Crippen LogP contribution in [-0.4, -0.2) is 45.0 Å². The Bertz CT molecular complexity index is 1550. The van der Waals surface area contributed by atoms with Gasteiger partial charge in [0.2, 0.25) is 5.91 Å². The van der Waals surface area contributed by atoms with Crippen LogP contribution in [0.5, 0.6) is 11.5 Å². The van der Waals surface area contributed by atoms with Gasteiger partial charge in [-0.15, -0.1) is 0 Å². The van der Waals surface area contributed by atoms with E-state index in [0.717, 1.165) is 6.07 Å². The van der Waals surface area contributed by atoms with E-state index in [1.165, 1.54) is 38.1 Å². The van der Waals surface area contributed by atoms with Gasteiger partial charge >= 0.3 is 5.56 Å². The standard InChI is InChI=1S/C31H35F2N5O4/c1-17-12-20(14-22(33)26(17)42-23-13-18(2)36-37-28(23)40)27(39)35-19(3)29(41)38-24(30(4,5)16-34)9-10-25(38)31(6)11-7-8-21(32)15-31/h7-8,12-15,19,24-25H,9-11H2,1-6H3,(H,35,39)(H,37,40)/t19-,24-,25+,31?/m1/s1. The zero-order valence-corrected chi connectivity index (χ0v) is 24.5. The van der Waals surface area contributed by atoms with Gasteiger partial charge in [-0.25, -0.2) is 13.9 Å². The summed E-state index contributed by atoms with van der Waals surface area (Å²) in [7, 11) is 0. The van der Waals surface area contributed by atoms with E-state index in [1.54, 1.807) is 31.7 Å². The Balaban J connectivity index is 1.57. The number of rotatable bonds is 7. The van der Waals surface area contributed by atoms with Crippen molar-refractivity contribution in [3.8, 4) is 17.6 Å². The summed E-state index contributed by atoms with van der Waals surface area (Å²) < 4.78 is 34.9. The molecule has 1 unspecified atom stereocenters. The number of carbonyl (C=O) groups excluding carboxylic acids is 2. The third-order valence-electron chi connectivity index (χ3n) is 8.14. The smallest absolute Gasteiger partial charge is 0.307 e. The fourth-order valence-corrected chi connectivity index (χ4v) is 5.85. The van der Waals surface area contributed by atoms with Crippen LogP contribution in [0.3, 0.4) is 0 Å². The highest BCUT2D eigenvalue weighted by atomic mass is 19.1. The molecule has 0 radical (unpaired) electrons. The molecule has 2 aromatic rings. The summed E-state index contributed by atoms with van der Waals surface area (Å²) in [5.41, 5.74) is -1.53. The number of halogens is 2. The molecular formula is C31H35F2N5O4. The lowest BCUT2D eigenvalue weighted by Gasteiger charge is -2.44. The number of H-pyrrole nitrogens is 1. The van der Waals surface area contributed by atoms with E-state index in [2.05, 4.69) is 21.6 Å². The zero-order chi connectivity index (χ0) is 31.0. The van der Waals surface area contributed by atoms with E-state index in [0.29, 0.717) is 25.0 Å². The van der Waals surface area contributed by atoms with Crippen molar-refractivity contribution < 1.29 is 23.1 Å². The maximum absolute atomic E-state index is 15.1. The van der Waals surface area contributed by atoms with Gasteiger partial charge in [-0.3, -0.25) is 14.4 Å². The van der Waals surface area contributed by atoms with Gasteiger partial charge < -0.3 is 15.0 Å².